The molecule has 0 fully saturated rings. The first-order valence-corrected chi connectivity index (χ1v) is 17.3. The van der Waals surface area contributed by atoms with E-state index < -0.39 is 0 Å². The van der Waals surface area contributed by atoms with Gasteiger partial charge < -0.3 is 4.90 Å². The predicted molar refractivity (Wildman–Crippen MR) is 207 cm³/mol. The summed E-state index contributed by atoms with van der Waals surface area (Å²) >= 11 is 0. The van der Waals surface area contributed by atoms with Crippen molar-refractivity contribution in [3.05, 3.63) is 137 Å². The molecule has 240 valence electrons. The van der Waals surface area contributed by atoms with Crippen molar-refractivity contribution in [2.75, 3.05) is 4.90 Å². The molecule has 0 N–H and O–H groups in total. The third kappa shape index (κ3) is 6.33. The summed E-state index contributed by atoms with van der Waals surface area (Å²) in [6, 6.07) is 41.4. The van der Waals surface area contributed by atoms with Crippen molar-refractivity contribution >= 4 is 38.6 Å². The Morgan fingerprint density at radius 1 is 0.489 bits per heavy atom. The molecule has 0 aromatic heterocycles. The van der Waals surface area contributed by atoms with Gasteiger partial charge in [-0.3, -0.25) is 0 Å². The van der Waals surface area contributed by atoms with Gasteiger partial charge in [0, 0.05) is 17.1 Å². The maximum atomic E-state index is 2.41. The van der Waals surface area contributed by atoms with E-state index in [1.54, 1.807) is 0 Å². The van der Waals surface area contributed by atoms with Crippen LogP contribution in [0, 0.1) is 13.8 Å². The minimum absolute atomic E-state index is 0.112. The van der Waals surface area contributed by atoms with Gasteiger partial charge in [-0.15, -0.1) is 0 Å². The van der Waals surface area contributed by atoms with E-state index in [1.165, 1.54) is 71.9 Å². The van der Waals surface area contributed by atoms with Gasteiger partial charge in [0.1, 0.15) is 0 Å². The van der Waals surface area contributed by atoms with Gasteiger partial charge in [-0.25, -0.2) is 0 Å². The lowest BCUT2D eigenvalue weighted by atomic mass is 9.83. The van der Waals surface area contributed by atoms with Crippen LogP contribution in [-0.2, 0) is 10.8 Å². The van der Waals surface area contributed by atoms with E-state index in [9.17, 15) is 0 Å². The molecule has 1 nitrogen and oxygen atoms in total. The van der Waals surface area contributed by atoms with Gasteiger partial charge in [-0.05, 0) is 140 Å². The number of anilines is 3. The van der Waals surface area contributed by atoms with Crippen molar-refractivity contribution < 1.29 is 0 Å². The zero-order valence-corrected chi connectivity index (χ0v) is 30.1. The summed E-state index contributed by atoms with van der Waals surface area (Å²) in [4.78, 5) is 2.38. The van der Waals surface area contributed by atoms with Crippen molar-refractivity contribution in [1.29, 1.82) is 0 Å². The van der Waals surface area contributed by atoms with Gasteiger partial charge in [-0.1, -0.05) is 122 Å². The highest BCUT2D eigenvalue weighted by Crippen LogP contribution is 2.40. The van der Waals surface area contributed by atoms with Crippen LogP contribution >= 0.6 is 0 Å². The molecule has 1 unspecified atom stereocenters. The summed E-state index contributed by atoms with van der Waals surface area (Å²) in [7, 11) is 0. The van der Waals surface area contributed by atoms with Crippen LogP contribution in [-0.4, -0.2) is 0 Å². The number of hydrogen-bond acceptors (Lipinski definition) is 1. The number of aryl methyl sites for hydroxylation is 2. The molecule has 0 aliphatic rings. The molecule has 0 spiro atoms. The van der Waals surface area contributed by atoms with Gasteiger partial charge in [0.15, 0.2) is 0 Å². The molecule has 6 rings (SSSR count). The highest BCUT2D eigenvalue weighted by Gasteiger charge is 2.19. The summed E-state index contributed by atoms with van der Waals surface area (Å²) in [6.07, 6.45) is 1.14. The Balaban J connectivity index is 1.40. The molecule has 0 saturated heterocycles. The molecule has 0 radical (unpaired) electrons. The van der Waals surface area contributed by atoms with Gasteiger partial charge >= 0.3 is 0 Å². The standard InChI is InChI=1S/C46H51N/c1-11-30(2)33-12-20-38(21-13-33)47(40-24-17-36(18-25-40)45(5,6)7)39-22-14-34(15-23-39)35-16-26-41-42-27-19-37(46(8,9)10)29-44(42)32(4)31(3)43(41)28-35/h12-30H,11H2,1-10H3. The Bertz CT molecular complexity index is 2030. The quantitative estimate of drug-likeness (QED) is 0.168. The van der Waals surface area contributed by atoms with E-state index in [2.05, 4.69) is 183 Å². The second-order valence-electron chi connectivity index (χ2n) is 15.6. The van der Waals surface area contributed by atoms with Crippen LogP contribution in [0.3, 0.4) is 0 Å². The molecular formula is C46H51N. The average molecular weight is 618 g/mol. The zero-order valence-electron chi connectivity index (χ0n) is 30.1. The van der Waals surface area contributed by atoms with Crippen molar-refractivity contribution in [2.24, 2.45) is 0 Å². The van der Waals surface area contributed by atoms with Gasteiger partial charge in [0.25, 0.3) is 0 Å². The predicted octanol–water partition coefficient (Wildman–Crippen LogP) is 13.9. The fraction of sp³-hybridized carbons (Fsp3) is 0.304. The normalized spacial score (nSPS) is 12.9. The van der Waals surface area contributed by atoms with Crippen LogP contribution in [0.5, 0.6) is 0 Å². The lowest BCUT2D eigenvalue weighted by Gasteiger charge is -2.27. The molecular weight excluding hydrogens is 567 g/mol. The minimum Gasteiger partial charge on any atom is -0.311 e. The first-order chi connectivity index (χ1) is 22.3. The summed E-state index contributed by atoms with van der Waals surface area (Å²) in [6.45, 7) is 22.8. The molecule has 0 bridgehead atoms. The minimum atomic E-state index is 0.112. The largest absolute Gasteiger partial charge is 0.311 e. The Hall–Kier alpha value is -4.36. The monoisotopic (exact) mass is 617 g/mol. The molecule has 1 heteroatoms. The SMILES string of the molecule is CCC(C)c1ccc(N(c2ccc(-c3ccc4c(c3)c(C)c(C)c3cc(C(C)(C)C)ccc34)cc2)c2ccc(C(C)(C)C)cc2)cc1. The van der Waals surface area contributed by atoms with E-state index >= 15 is 0 Å². The third-order valence-electron chi connectivity index (χ3n) is 10.3. The Morgan fingerprint density at radius 3 is 1.43 bits per heavy atom. The van der Waals surface area contributed by atoms with Crippen LogP contribution in [0.25, 0.3) is 32.7 Å². The first kappa shape index (κ1) is 32.6. The Labute approximate surface area is 283 Å². The average Bonchev–Trinajstić information content (AvgIpc) is 3.06. The number of benzene rings is 6. The van der Waals surface area contributed by atoms with Crippen molar-refractivity contribution in [3.63, 3.8) is 0 Å². The molecule has 0 aliphatic carbocycles. The van der Waals surface area contributed by atoms with Crippen LogP contribution in [0.4, 0.5) is 17.1 Å². The van der Waals surface area contributed by atoms with Crippen LogP contribution in [0.2, 0.25) is 0 Å². The van der Waals surface area contributed by atoms with Gasteiger partial charge in [-0.2, -0.15) is 0 Å². The fourth-order valence-electron chi connectivity index (χ4n) is 6.78. The molecule has 6 aromatic carbocycles. The second kappa shape index (κ2) is 12.3. The maximum Gasteiger partial charge on any atom is 0.0462 e. The summed E-state index contributed by atoms with van der Waals surface area (Å²) in [5.41, 5.74) is 13.1. The highest BCUT2D eigenvalue weighted by molar-refractivity contribution is 6.11. The smallest absolute Gasteiger partial charge is 0.0462 e. The number of nitrogens with zero attached hydrogens (tertiary/aromatic N) is 1. The van der Waals surface area contributed by atoms with E-state index in [4.69, 9.17) is 0 Å². The lowest BCUT2D eigenvalue weighted by molar-refractivity contribution is 0.590. The number of rotatable bonds is 6. The molecule has 0 heterocycles. The molecule has 0 saturated carbocycles. The van der Waals surface area contributed by atoms with E-state index in [-0.39, 0.29) is 10.8 Å². The summed E-state index contributed by atoms with van der Waals surface area (Å²) in [5, 5.41) is 5.37. The van der Waals surface area contributed by atoms with Gasteiger partial charge in [0.2, 0.25) is 0 Å². The van der Waals surface area contributed by atoms with Crippen LogP contribution in [0.1, 0.15) is 95.5 Å². The maximum absolute atomic E-state index is 2.41. The second-order valence-corrected chi connectivity index (χ2v) is 15.6. The van der Waals surface area contributed by atoms with E-state index in [0.29, 0.717) is 5.92 Å². The topological polar surface area (TPSA) is 3.24 Å². The Morgan fingerprint density at radius 2 is 0.915 bits per heavy atom. The number of fused-ring (bicyclic) bond motifs is 3. The fourth-order valence-corrected chi connectivity index (χ4v) is 6.78. The van der Waals surface area contributed by atoms with Crippen molar-refractivity contribution in [2.45, 2.75) is 92.4 Å². The van der Waals surface area contributed by atoms with E-state index in [0.717, 1.165) is 12.1 Å². The third-order valence-corrected chi connectivity index (χ3v) is 10.3. The zero-order chi connectivity index (χ0) is 33.7. The van der Waals surface area contributed by atoms with Gasteiger partial charge in [0.05, 0.1) is 0 Å². The van der Waals surface area contributed by atoms with Crippen molar-refractivity contribution in [3.8, 4) is 11.1 Å². The van der Waals surface area contributed by atoms with E-state index in [1.807, 2.05) is 0 Å². The highest BCUT2D eigenvalue weighted by atomic mass is 15.1. The molecule has 6 aromatic rings. The van der Waals surface area contributed by atoms with Crippen LogP contribution < -0.4 is 4.90 Å². The molecule has 0 amide bonds. The number of hydrogen-bond donors (Lipinski definition) is 0. The van der Waals surface area contributed by atoms with Crippen molar-refractivity contribution in [1.82, 2.24) is 0 Å². The summed E-state index contributed by atoms with van der Waals surface area (Å²) < 4.78 is 0. The van der Waals surface area contributed by atoms with Crippen LogP contribution in [0.15, 0.2) is 109 Å². The lowest BCUT2D eigenvalue weighted by Crippen LogP contribution is -2.13. The molecule has 47 heavy (non-hydrogen) atoms. The molecule has 0 aliphatic heterocycles. The first-order valence-electron chi connectivity index (χ1n) is 17.3. The summed E-state index contributed by atoms with van der Waals surface area (Å²) in [5.74, 6) is 0.552. The molecule has 1 atom stereocenters. The Kier molecular flexibility index (Phi) is 8.56.